The highest BCUT2D eigenvalue weighted by Crippen LogP contribution is 2.55. The molecule has 3 N–H and O–H groups in total. The molecule has 1 heterocycles. The highest BCUT2D eigenvalue weighted by atomic mass is 79.9. The van der Waals surface area contributed by atoms with Crippen LogP contribution < -0.4 is 15.2 Å². The normalized spacial score (nSPS) is 20.6. The van der Waals surface area contributed by atoms with Crippen LogP contribution in [0.1, 0.15) is 18.4 Å². The second-order valence-electron chi connectivity index (χ2n) is 4.26. The highest BCUT2D eigenvalue weighted by Gasteiger charge is 2.46. The summed E-state index contributed by atoms with van der Waals surface area (Å²) in [6.07, 6.45) is 1.74. The molecule has 0 amide bonds. The topological polar surface area (TPSA) is 64.7 Å². The molecule has 0 saturated heterocycles. The van der Waals surface area contributed by atoms with Crippen LogP contribution in [-0.2, 0) is 5.54 Å². The highest BCUT2D eigenvalue weighted by molar-refractivity contribution is 9.10. The van der Waals surface area contributed by atoms with Crippen LogP contribution in [0.2, 0.25) is 0 Å². The van der Waals surface area contributed by atoms with Gasteiger partial charge >= 0.3 is 0 Å². The van der Waals surface area contributed by atoms with Gasteiger partial charge in [-0.1, -0.05) is 0 Å². The van der Waals surface area contributed by atoms with Gasteiger partial charge < -0.3 is 20.3 Å². The molecule has 1 saturated carbocycles. The van der Waals surface area contributed by atoms with Crippen LogP contribution >= 0.6 is 15.9 Å². The lowest BCUT2D eigenvalue weighted by Gasteiger charge is -2.25. The number of hydrogen-bond donors (Lipinski definition) is 2. The minimum Gasteiger partial charge on any atom is -0.506 e. The van der Waals surface area contributed by atoms with Gasteiger partial charge in [-0.05, 0) is 28.8 Å². The van der Waals surface area contributed by atoms with E-state index in [0.717, 1.165) is 12.8 Å². The Hall–Kier alpha value is -0.940. The maximum Gasteiger partial charge on any atom is 0.170 e. The van der Waals surface area contributed by atoms with E-state index in [4.69, 9.17) is 15.2 Å². The molecule has 2 aliphatic rings. The lowest BCUT2D eigenvalue weighted by molar-refractivity contribution is 0.167. The molecule has 3 rings (SSSR count). The molecular weight excluding hydrogens is 274 g/mol. The number of hydrogen-bond acceptors (Lipinski definition) is 4. The summed E-state index contributed by atoms with van der Waals surface area (Å²) in [5, 5.41) is 10.1. The largest absolute Gasteiger partial charge is 0.506 e. The van der Waals surface area contributed by atoms with Crippen molar-refractivity contribution in [2.75, 3.05) is 13.2 Å². The molecule has 0 radical (unpaired) electrons. The first-order chi connectivity index (χ1) is 7.62. The number of rotatable bonds is 1. The number of phenols is 1. The number of ether oxygens (including phenoxy) is 2. The zero-order chi connectivity index (χ0) is 11.3. The van der Waals surface area contributed by atoms with Crippen molar-refractivity contribution in [1.82, 2.24) is 0 Å². The van der Waals surface area contributed by atoms with Crippen molar-refractivity contribution < 1.29 is 14.6 Å². The molecule has 5 heteroatoms. The van der Waals surface area contributed by atoms with Gasteiger partial charge in [-0.15, -0.1) is 0 Å². The predicted molar refractivity (Wildman–Crippen MR) is 61.9 cm³/mol. The lowest BCUT2D eigenvalue weighted by atomic mass is 10.0. The fraction of sp³-hybridized carbons (Fsp3) is 0.455. The van der Waals surface area contributed by atoms with E-state index in [1.807, 2.05) is 0 Å². The van der Waals surface area contributed by atoms with Crippen molar-refractivity contribution >= 4 is 15.9 Å². The Morgan fingerprint density at radius 3 is 2.69 bits per heavy atom. The molecule has 0 unspecified atom stereocenters. The number of nitrogens with two attached hydrogens (primary N) is 1. The first-order valence-electron chi connectivity index (χ1n) is 5.22. The van der Waals surface area contributed by atoms with Gasteiger partial charge in [0, 0.05) is 11.6 Å². The second-order valence-corrected chi connectivity index (χ2v) is 5.12. The molecule has 0 aromatic heterocycles. The summed E-state index contributed by atoms with van der Waals surface area (Å²) < 4.78 is 11.7. The predicted octanol–water partition coefficient (Wildman–Crippen LogP) is 1.87. The molecule has 4 nitrogen and oxygen atoms in total. The summed E-state index contributed by atoms with van der Waals surface area (Å²) in [7, 11) is 0. The molecule has 0 bridgehead atoms. The smallest absolute Gasteiger partial charge is 0.170 e. The van der Waals surface area contributed by atoms with Crippen LogP contribution in [0.15, 0.2) is 10.5 Å². The van der Waals surface area contributed by atoms with Gasteiger partial charge in [-0.25, -0.2) is 0 Å². The average molecular weight is 286 g/mol. The van der Waals surface area contributed by atoms with Crippen molar-refractivity contribution in [1.29, 1.82) is 0 Å². The van der Waals surface area contributed by atoms with E-state index in [-0.39, 0.29) is 5.75 Å². The zero-order valence-corrected chi connectivity index (χ0v) is 10.2. The summed E-state index contributed by atoms with van der Waals surface area (Å²) in [4.78, 5) is 0. The van der Waals surface area contributed by atoms with Crippen molar-refractivity contribution in [3.05, 3.63) is 16.1 Å². The van der Waals surface area contributed by atoms with E-state index in [1.165, 1.54) is 0 Å². The maximum absolute atomic E-state index is 10.1. The number of fused-ring (bicyclic) bond motifs is 1. The Morgan fingerprint density at radius 1 is 1.31 bits per heavy atom. The Kier molecular flexibility index (Phi) is 2.09. The molecule has 1 aliphatic carbocycles. The molecule has 0 atom stereocenters. The molecular formula is C11H12BrNO3. The van der Waals surface area contributed by atoms with Crippen LogP contribution in [0.25, 0.3) is 0 Å². The van der Waals surface area contributed by atoms with Crippen molar-refractivity contribution in [3.8, 4) is 17.2 Å². The van der Waals surface area contributed by atoms with Gasteiger partial charge in [0.2, 0.25) is 0 Å². The summed E-state index contributed by atoms with van der Waals surface area (Å²) in [5.74, 6) is 1.43. The SMILES string of the molecule is NC1(c2c(O)c(Br)cc3c2OCCO3)CC1. The fourth-order valence-electron chi connectivity index (χ4n) is 1.99. The van der Waals surface area contributed by atoms with E-state index in [2.05, 4.69) is 15.9 Å². The van der Waals surface area contributed by atoms with Gasteiger partial charge in [0.15, 0.2) is 11.5 Å². The molecule has 1 aromatic rings. The first kappa shape index (κ1) is 10.2. The Bertz CT molecular complexity index is 457. The minimum atomic E-state index is -0.446. The van der Waals surface area contributed by atoms with Crippen LogP contribution in [0.5, 0.6) is 17.2 Å². The van der Waals surface area contributed by atoms with Gasteiger partial charge in [0.1, 0.15) is 19.0 Å². The number of aromatic hydroxyl groups is 1. The summed E-state index contributed by atoms with van der Waals surface area (Å²) in [6, 6.07) is 1.72. The van der Waals surface area contributed by atoms with E-state index >= 15 is 0 Å². The van der Waals surface area contributed by atoms with Gasteiger partial charge in [0.05, 0.1) is 10.0 Å². The van der Waals surface area contributed by atoms with E-state index < -0.39 is 5.54 Å². The van der Waals surface area contributed by atoms with Crippen LogP contribution in [0.3, 0.4) is 0 Å². The van der Waals surface area contributed by atoms with Crippen molar-refractivity contribution in [2.24, 2.45) is 5.73 Å². The Morgan fingerprint density at radius 2 is 2.00 bits per heavy atom. The summed E-state index contributed by atoms with van der Waals surface area (Å²) in [5.41, 5.74) is 6.38. The number of halogens is 1. The molecule has 16 heavy (non-hydrogen) atoms. The third-order valence-corrected chi connectivity index (χ3v) is 3.65. The molecule has 1 fully saturated rings. The third-order valence-electron chi connectivity index (χ3n) is 3.05. The van der Waals surface area contributed by atoms with E-state index in [1.54, 1.807) is 6.07 Å². The number of benzene rings is 1. The van der Waals surface area contributed by atoms with Gasteiger partial charge in [0.25, 0.3) is 0 Å². The Balaban J connectivity index is 2.23. The van der Waals surface area contributed by atoms with E-state index in [0.29, 0.717) is 34.7 Å². The molecule has 0 spiro atoms. The van der Waals surface area contributed by atoms with Crippen molar-refractivity contribution in [3.63, 3.8) is 0 Å². The maximum atomic E-state index is 10.1. The Labute approximate surface area is 101 Å². The quantitative estimate of drug-likeness (QED) is 0.827. The molecule has 1 aliphatic heterocycles. The monoisotopic (exact) mass is 285 g/mol. The molecule has 86 valence electrons. The number of phenolic OH excluding ortho intramolecular Hbond substituents is 1. The summed E-state index contributed by atoms with van der Waals surface area (Å²) in [6.45, 7) is 1.03. The van der Waals surface area contributed by atoms with Crippen LogP contribution in [0, 0.1) is 0 Å². The minimum absolute atomic E-state index is 0.171. The van der Waals surface area contributed by atoms with E-state index in [9.17, 15) is 5.11 Å². The fourth-order valence-corrected chi connectivity index (χ4v) is 2.40. The summed E-state index contributed by atoms with van der Waals surface area (Å²) >= 11 is 3.30. The lowest BCUT2D eigenvalue weighted by Crippen LogP contribution is -2.24. The standard InChI is InChI=1S/C11H12BrNO3/c12-6-5-7-10(16-4-3-15-7)8(9(6)14)11(13)1-2-11/h5,14H,1-4,13H2. The second kappa shape index (κ2) is 3.28. The van der Waals surface area contributed by atoms with Gasteiger partial charge in [-0.2, -0.15) is 0 Å². The molecule has 1 aromatic carbocycles. The van der Waals surface area contributed by atoms with Crippen LogP contribution in [0.4, 0.5) is 0 Å². The average Bonchev–Trinajstić information content (AvgIpc) is 2.99. The van der Waals surface area contributed by atoms with Crippen LogP contribution in [-0.4, -0.2) is 18.3 Å². The third kappa shape index (κ3) is 1.38. The zero-order valence-electron chi connectivity index (χ0n) is 8.62. The van der Waals surface area contributed by atoms with Gasteiger partial charge in [-0.3, -0.25) is 0 Å². The first-order valence-corrected chi connectivity index (χ1v) is 6.01. The van der Waals surface area contributed by atoms with Crippen molar-refractivity contribution in [2.45, 2.75) is 18.4 Å².